The van der Waals surface area contributed by atoms with E-state index in [1.807, 2.05) is 0 Å². The van der Waals surface area contributed by atoms with Crippen molar-refractivity contribution in [3.8, 4) is 0 Å². The topological polar surface area (TPSA) is 346 Å². The Morgan fingerprint density at radius 3 is 2.49 bits per heavy atom. The van der Waals surface area contributed by atoms with E-state index in [9.17, 15) is 39.3 Å². The lowest BCUT2D eigenvalue weighted by Crippen LogP contribution is -2.71. The van der Waals surface area contributed by atoms with Crippen molar-refractivity contribution in [3.05, 3.63) is 23.3 Å². The first kappa shape index (κ1) is 36.8. The molecule has 0 saturated carbocycles. The monoisotopic (exact) mass is 726 g/mol. The lowest BCUT2D eigenvalue weighted by Gasteiger charge is -2.49. The number of β-lactam (4-membered cyclic amide) rings is 1. The first-order chi connectivity index (χ1) is 23.1. The third-order valence-electron chi connectivity index (χ3n) is 7.24. The van der Waals surface area contributed by atoms with Crippen LogP contribution in [0.3, 0.4) is 0 Å². The minimum atomic E-state index is -1.84. The average molecular weight is 727 g/mol. The number of carbonyl (C=O) groups excluding carboxylic acids is 3. The average Bonchev–Trinajstić information content (AvgIpc) is 3.60. The summed E-state index contributed by atoms with van der Waals surface area (Å²) in [5, 5.41) is 39.6. The Morgan fingerprint density at radius 2 is 1.92 bits per heavy atom. The highest BCUT2D eigenvalue weighted by Crippen LogP contribution is 2.40. The highest BCUT2D eigenvalue weighted by molar-refractivity contribution is 8.00. The maximum Gasteiger partial charge on any atom is 0.352 e. The maximum absolute atomic E-state index is 13.4. The zero-order chi connectivity index (χ0) is 36.2. The summed E-state index contributed by atoms with van der Waals surface area (Å²) >= 11 is 1.91. The number of aliphatic carboxylic acids is 2. The fraction of sp³-hybridized carbons (Fsp3) is 0.480. The van der Waals surface area contributed by atoms with Crippen molar-refractivity contribution in [3.63, 3.8) is 0 Å². The minimum Gasteiger partial charge on any atom is -0.478 e. The summed E-state index contributed by atoms with van der Waals surface area (Å²) in [4.78, 5) is 73.2. The first-order valence-electron chi connectivity index (χ1n) is 14.4. The number of hydrogen-bond acceptors (Lipinski definition) is 16. The number of thioether (sulfide) groups is 1. The van der Waals surface area contributed by atoms with Gasteiger partial charge >= 0.3 is 18.0 Å². The molecule has 1 saturated heterocycles. The lowest BCUT2D eigenvalue weighted by molar-refractivity contribution is -0.767. The van der Waals surface area contributed by atoms with E-state index in [4.69, 9.17) is 27.8 Å². The standard InChI is InChI=1S/C25H35N13O9S2/c1-25(2,22(44)45)47-34-13(17-33-23(29)49-35-17)18(40)32-14-19(41)38-15(21(42)43)10(9-48-20(14)38)7-36-8-12(16(28)37(36)3-4-39)31-24(46)30-11(5-26)6-27/h8,11,14,20,28,39H,3-7,9,26-27H2,1-2H3,(H7,29,30,31,32,33,35,40,42,43,44,45,46)/p+1/b34-13-/t14-,20-/m1/s1. The van der Waals surface area contributed by atoms with Gasteiger partial charge in [0.1, 0.15) is 23.7 Å². The zero-order valence-electron chi connectivity index (χ0n) is 26.2. The van der Waals surface area contributed by atoms with E-state index >= 15 is 0 Å². The first-order valence-corrected chi connectivity index (χ1v) is 16.2. The summed E-state index contributed by atoms with van der Waals surface area (Å²) in [7, 11) is 0. The molecular formula is C25H36N13O9S2+. The number of aliphatic hydroxyl groups excluding tert-OH is 1. The summed E-state index contributed by atoms with van der Waals surface area (Å²) in [5.74, 6) is -4.65. The second-order valence-electron chi connectivity index (χ2n) is 11.1. The van der Waals surface area contributed by atoms with E-state index in [0.717, 1.165) is 16.4 Å². The van der Waals surface area contributed by atoms with Gasteiger partial charge in [-0.25, -0.2) is 14.4 Å². The number of aromatic nitrogens is 4. The zero-order valence-corrected chi connectivity index (χ0v) is 27.8. The molecule has 0 unspecified atom stereocenters. The Hall–Kier alpha value is -5.04. The Kier molecular flexibility index (Phi) is 11.3. The number of fused-ring (bicyclic) bond motifs is 1. The van der Waals surface area contributed by atoms with Gasteiger partial charge in [0.25, 0.3) is 11.8 Å². The van der Waals surface area contributed by atoms with Crippen molar-refractivity contribution >= 4 is 75.4 Å². The largest absolute Gasteiger partial charge is 0.478 e. The van der Waals surface area contributed by atoms with Crippen LogP contribution in [0.5, 0.6) is 0 Å². The van der Waals surface area contributed by atoms with Gasteiger partial charge in [-0.15, -0.1) is 21.1 Å². The molecule has 14 N–H and O–H groups in total. The number of nitrogens with two attached hydrogens (primary N) is 4. The molecule has 4 rings (SSSR count). The summed E-state index contributed by atoms with van der Waals surface area (Å²) in [5.41, 5.74) is 20.8. The van der Waals surface area contributed by atoms with E-state index in [-0.39, 0.29) is 66.7 Å². The number of carboxylic acids is 2. The molecule has 2 aromatic heterocycles. The summed E-state index contributed by atoms with van der Waals surface area (Å²) < 4.78 is 6.83. The van der Waals surface area contributed by atoms with Gasteiger partial charge in [-0.3, -0.25) is 19.8 Å². The molecule has 4 heterocycles. The molecule has 22 nitrogen and oxygen atoms in total. The van der Waals surface area contributed by atoms with Crippen molar-refractivity contribution in [2.24, 2.45) is 16.6 Å². The normalized spacial score (nSPS) is 17.8. The van der Waals surface area contributed by atoms with E-state index < -0.39 is 58.6 Å². The van der Waals surface area contributed by atoms with Crippen molar-refractivity contribution in [1.82, 2.24) is 29.6 Å². The Bertz CT molecular complexity index is 1700. The highest BCUT2D eigenvalue weighted by atomic mass is 32.2. The van der Waals surface area contributed by atoms with Crippen LogP contribution in [0.2, 0.25) is 0 Å². The Morgan fingerprint density at radius 1 is 1.22 bits per heavy atom. The molecule has 0 aromatic carbocycles. The van der Waals surface area contributed by atoms with Crippen LogP contribution in [0.4, 0.5) is 21.4 Å². The molecule has 2 aliphatic heterocycles. The maximum atomic E-state index is 13.4. The smallest absolute Gasteiger partial charge is 0.352 e. The van der Waals surface area contributed by atoms with Crippen LogP contribution in [0.25, 0.3) is 0 Å². The number of anilines is 3. The Labute approximate surface area is 285 Å². The SMILES string of the molecule is CC(C)(O/N=C(\C(=O)N[C@@H]1C(=O)N2C(C(=O)O)=C(C[n+]3cc(NC(=O)NC(CN)CN)c(N)n3CCO)CS[C@H]12)c1nsc(N)n1)C(=O)O. The van der Waals surface area contributed by atoms with Gasteiger partial charge < -0.3 is 53.7 Å². The number of rotatable bonds is 15. The molecule has 266 valence electrons. The number of nitrogen functional groups attached to an aromatic ring is 2. The Balaban J connectivity index is 1.56. The predicted molar refractivity (Wildman–Crippen MR) is 174 cm³/mol. The van der Waals surface area contributed by atoms with E-state index in [1.165, 1.54) is 41.2 Å². The molecule has 0 spiro atoms. The summed E-state index contributed by atoms with van der Waals surface area (Å²) in [6.45, 7) is 2.14. The number of carboxylic acid groups (broad SMARTS) is 2. The molecule has 0 aliphatic carbocycles. The van der Waals surface area contributed by atoms with Crippen LogP contribution in [0, 0.1) is 0 Å². The van der Waals surface area contributed by atoms with Crippen LogP contribution >= 0.6 is 23.3 Å². The van der Waals surface area contributed by atoms with Crippen molar-refractivity contribution in [1.29, 1.82) is 0 Å². The van der Waals surface area contributed by atoms with Gasteiger partial charge in [-0.1, -0.05) is 5.16 Å². The van der Waals surface area contributed by atoms with Crippen LogP contribution < -0.4 is 43.6 Å². The molecular weight excluding hydrogens is 690 g/mol. The fourth-order valence-electron chi connectivity index (χ4n) is 4.62. The molecule has 24 heteroatoms. The van der Waals surface area contributed by atoms with Gasteiger partial charge in [0.2, 0.25) is 23.3 Å². The third-order valence-corrected chi connectivity index (χ3v) is 9.13. The number of hydrogen-bond donors (Lipinski definition) is 10. The number of carbonyl (C=O) groups is 5. The van der Waals surface area contributed by atoms with Gasteiger partial charge in [0.15, 0.2) is 23.2 Å². The number of oxime groups is 1. The molecule has 0 radical (unpaired) electrons. The van der Waals surface area contributed by atoms with Crippen molar-refractivity contribution in [2.45, 2.75) is 50.0 Å². The van der Waals surface area contributed by atoms with Gasteiger partial charge in [-0.05, 0) is 13.8 Å². The quantitative estimate of drug-likeness (QED) is 0.0364. The third kappa shape index (κ3) is 7.83. The highest BCUT2D eigenvalue weighted by Gasteiger charge is 2.55. The second kappa shape index (κ2) is 15.0. The fourth-order valence-corrected chi connectivity index (χ4v) is 6.38. The van der Waals surface area contributed by atoms with E-state index in [0.29, 0.717) is 5.57 Å². The summed E-state index contributed by atoms with van der Waals surface area (Å²) in [6, 6.07) is -2.34. The second-order valence-corrected chi connectivity index (χ2v) is 12.9. The predicted octanol–water partition coefficient (Wildman–Crippen LogP) is -3.79. The number of urea groups is 1. The molecule has 2 aromatic rings. The minimum absolute atomic E-state index is 0.0116. The van der Waals surface area contributed by atoms with Crippen molar-refractivity contribution in [2.75, 3.05) is 42.2 Å². The van der Waals surface area contributed by atoms with Crippen molar-refractivity contribution < 1.29 is 48.8 Å². The van der Waals surface area contributed by atoms with Gasteiger partial charge in [-0.2, -0.15) is 9.36 Å². The van der Waals surface area contributed by atoms with Gasteiger partial charge in [0.05, 0.1) is 12.6 Å². The molecule has 2 atom stereocenters. The lowest BCUT2D eigenvalue weighted by atomic mass is 10.0. The number of nitrogens with zero attached hydrogens (tertiary/aromatic N) is 6. The molecule has 0 bridgehead atoms. The van der Waals surface area contributed by atoms with E-state index in [1.54, 1.807) is 0 Å². The molecule has 2 aliphatic rings. The van der Waals surface area contributed by atoms with E-state index in [2.05, 4.69) is 30.5 Å². The van der Waals surface area contributed by atoms with Crippen LogP contribution in [-0.2, 0) is 37.1 Å². The van der Waals surface area contributed by atoms with Gasteiger partial charge in [0, 0.05) is 35.9 Å². The number of aliphatic hydroxyl groups is 1. The van der Waals surface area contributed by atoms with Crippen LogP contribution in [-0.4, -0.2) is 118 Å². The molecule has 49 heavy (non-hydrogen) atoms. The number of nitrogens with one attached hydrogen (secondary N) is 3. The molecule has 1 fully saturated rings. The number of amides is 4. The van der Waals surface area contributed by atoms with Crippen LogP contribution in [0.15, 0.2) is 22.6 Å². The molecule has 4 amide bonds. The van der Waals surface area contributed by atoms with Crippen LogP contribution in [0.1, 0.15) is 19.7 Å². The summed E-state index contributed by atoms with van der Waals surface area (Å²) in [6.07, 6.45) is 1.45.